The SMILES string of the molecule is CC(=O)CCc1ccccc1.Nc1ccc2ccccc2c1N.O=C(CC(=O)C(F)(F)F)c1cccs1. The van der Waals surface area contributed by atoms with Crippen LogP contribution < -0.4 is 11.5 Å². The zero-order valence-corrected chi connectivity index (χ0v) is 20.9. The van der Waals surface area contributed by atoms with Gasteiger partial charge in [0.1, 0.15) is 5.78 Å². The molecule has 1 aromatic heterocycles. The van der Waals surface area contributed by atoms with Crippen molar-refractivity contribution >= 4 is 50.8 Å². The number of anilines is 2. The summed E-state index contributed by atoms with van der Waals surface area (Å²) >= 11 is 1.01. The summed E-state index contributed by atoms with van der Waals surface area (Å²) in [7, 11) is 0. The standard InChI is InChI=1S/C10H10N2.C10H12O.C8H5F3O2S/c11-9-6-5-7-3-1-2-4-8(7)10(9)12;1-9(11)7-8-10-5-3-2-4-6-10;9-8(10,11)7(13)4-5(12)6-2-1-3-14-6/h1-6H,11-12H2;2-6H,7-8H2,1H3;1-3H,4H2. The minimum Gasteiger partial charge on any atom is -0.397 e. The van der Waals surface area contributed by atoms with E-state index in [1.807, 2.05) is 66.7 Å². The fourth-order valence-corrected chi connectivity index (χ4v) is 3.71. The molecule has 0 saturated carbocycles. The first-order valence-corrected chi connectivity index (χ1v) is 12.1. The third kappa shape index (κ3) is 9.89. The maximum atomic E-state index is 11.8. The second-order valence-corrected chi connectivity index (χ2v) is 8.92. The molecule has 0 aliphatic rings. The predicted octanol–water partition coefficient (Wildman–Crippen LogP) is 6.66. The third-order valence-corrected chi connectivity index (χ3v) is 5.96. The van der Waals surface area contributed by atoms with Crippen molar-refractivity contribution in [1.82, 2.24) is 0 Å². The van der Waals surface area contributed by atoms with Crippen LogP contribution in [0.1, 0.15) is 35.0 Å². The lowest BCUT2D eigenvalue weighted by atomic mass is 10.1. The molecule has 0 atom stereocenters. The number of rotatable bonds is 6. The highest BCUT2D eigenvalue weighted by atomic mass is 32.1. The third-order valence-electron chi connectivity index (χ3n) is 5.05. The summed E-state index contributed by atoms with van der Waals surface area (Å²) in [6.45, 7) is 1.63. The van der Waals surface area contributed by atoms with Crippen LogP contribution >= 0.6 is 11.3 Å². The molecule has 0 unspecified atom stereocenters. The average Bonchev–Trinajstić information content (AvgIpc) is 3.41. The van der Waals surface area contributed by atoms with E-state index < -0.39 is 24.2 Å². The second kappa shape index (κ2) is 13.9. The van der Waals surface area contributed by atoms with E-state index in [0.717, 1.165) is 28.5 Å². The van der Waals surface area contributed by atoms with Gasteiger partial charge in [-0.05, 0) is 41.8 Å². The van der Waals surface area contributed by atoms with Crippen molar-refractivity contribution in [1.29, 1.82) is 0 Å². The van der Waals surface area contributed by atoms with Crippen molar-refractivity contribution in [3.05, 3.63) is 94.7 Å². The van der Waals surface area contributed by atoms with Crippen molar-refractivity contribution in [2.24, 2.45) is 0 Å². The molecule has 0 bridgehead atoms. The molecule has 0 aliphatic carbocycles. The number of hydrogen-bond donors (Lipinski definition) is 2. The Balaban J connectivity index is 0.000000197. The van der Waals surface area contributed by atoms with E-state index in [1.165, 1.54) is 17.7 Å². The van der Waals surface area contributed by atoms with Crippen LogP contribution in [-0.4, -0.2) is 23.5 Å². The van der Waals surface area contributed by atoms with Crippen molar-refractivity contribution in [3.8, 4) is 0 Å². The maximum Gasteiger partial charge on any atom is 0.450 e. The number of nitrogens with two attached hydrogens (primary N) is 2. The highest BCUT2D eigenvalue weighted by molar-refractivity contribution is 7.12. The Morgan fingerprint density at radius 3 is 2.08 bits per heavy atom. The summed E-state index contributed by atoms with van der Waals surface area (Å²) in [6.07, 6.45) is -4.50. The minimum absolute atomic E-state index is 0.169. The van der Waals surface area contributed by atoms with Gasteiger partial charge in [-0.3, -0.25) is 9.59 Å². The van der Waals surface area contributed by atoms with Crippen LogP contribution in [0.3, 0.4) is 0 Å². The van der Waals surface area contributed by atoms with Crippen LogP contribution in [0.25, 0.3) is 10.8 Å². The largest absolute Gasteiger partial charge is 0.450 e. The summed E-state index contributed by atoms with van der Waals surface area (Å²) in [6, 6.07) is 24.7. The molecule has 4 aromatic rings. The lowest BCUT2D eigenvalue weighted by Gasteiger charge is -2.03. The van der Waals surface area contributed by atoms with Crippen molar-refractivity contribution in [2.45, 2.75) is 32.4 Å². The van der Waals surface area contributed by atoms with E-state index in [2.05, 4.69) is 0 Å². The van der Waals surface area contributed by atoms with Crippen LogP contribution in [0.15, 0.2) is 84.2 Å². The molecule has 0 saturated heterocycles. The highest BCUT2D eigenvalue weighted by Crippen LogP contribution is 2.25. The number of thiophene rings is 1. The molecule has 5 nitrogen and oxygen atoms in total. The Morgan fingerprint density at radius 1 is 0.838 bits per heavy atom. The van der Waals surface area contributed by atoms with Gasteiger partial charge in [-0.15, -0.1) is 11.3 Å². The first-order chi connectivity index (χ1) is 17.5. The number of carbonyl (C=O) groups is 3. The zero-order valence-electron chi connectivity index (χ0n) is 20.1. The van der Waals surface area contributed by atoms with Crippen LogP contribution in [-0.2, 0) is 16.0 Å². The van der Waals surface area contributed by atoms with E-state index in [-0.39, 0.29) is 10.7 Å². The van der Waals surface area contributed by atoms with Gasteiger partial charge in [-0.2, -0.15) is 13.2 Å². The van der Waals surface area contributed by atoms with Crippen LogP contribution in [0, 0.1) is 0 Å². The van der Waals surface area contributed by atoms with E-state index in [1.54, 1.807) is 12.3 Å². The monoisotopic (exact) mass is 528 g/mol. The van der Waals surface area contributed by atoms with Crippen LogP contribution in [0.5, 0.6) is 0 Å². The molecule has 1 heterocycles. The molecular formula is C28H27F3N2O3S. The summed E-state index contributed by atoms with van der Waals surface area (Å²) < 4.78 is 35.3. The molecule has 194 valence electrons. The Bertz CT molecular complexity index is 1320. The number of ketones is 3. The lowest BCUT2D eigenvalue weighted by molar-refractivity contribution is -0.170. The van der Waals surface area contributed by atoms with Gasteiger partial charge in [-0.1, -0.05) is 66.7 Å². The fourth-order valence-electron chi connectivity index (χ4n) is 3.05. The van der Waals surface area contributed by atoms with Gasteiger partial charge in [0, 0.05) is 11.8 Å². The quantitative estimate of drug-likeness (QED) is 0.165. The molecule has 4 rings (SSSR count). The molecule has 0 amide bonds. The van der Waals surface area contributed by atoms with Crippen molar-refractivity contribution in [2.75, 3.05) is 11.5 Å². The molecule has 4 N–H and O–H groups in total. The number of nitrogen functional groups attached to an aromatic ring is 2. The van der Waals surface area contributed by atoms with Gasteiger partial charge < -0.3 is 16.3 Å². The molecule has 0 radical (unpaired) electrons. The smallest absolute Gasteiger partial charge is 0.397 e. The fraction of sp³-hybridized carbons (Fsp3) is 0.179. The Labute approximate surface area is 216 Å². The predicted molar refractivity (Wildman–Crippen MR) is 143 cm³/mol. The number of fused-ring (bicyclic) bond motifs is 1. The Hall–Kier alpha value is -3.98. The van der Waals surface area contributed by atoms with Gasteiger partial charge in [0.05, 0.1) is 22.7 Å². The van der Waals surface area contributed by atoms with E-state index >= 15 is 0 Å². The molecular weight excluding hydrogens is 501 g/mol. The van der Waals surface area contributed by atoms with E-state index in [0.29, 0.717) is 17.8 Å². The summed E-state index contributed by atoms with van der Waals surface area (Å²) in [4.78, 5) is 32.3. The number of carbonyl (C=O) groups excluding carboxylic acids is 3. The molecule has 0 aliphatic heterocycles. The normalized spacial score (nSPS) is 10.5. The van der Waals surface area contributed by atoms with E-state index in [4.69, 9.17) is 11.5 Å². The highest BCUT2D eigenvalue weighted by Gasteiger charge is 2.39. The van der Waals surface area contributed by atoms with Crippen molar-refractivity contribution in [3.63, 3.8) is 0 Å². The number of hydrogen-bond acceptors (Lipinski definition) is 6. The maximum absolute atomic E-state index is 11.8. The lowest BCUT2D eigenvalue weighted by Crippen LogP contribution is -2.25. The van der Waals surface area contributed by atoms with Gasteiger partial charge in [-0.25, -0.2) is 0 Å². The topological polar surface area (TPSA) is 103 Å². The summed E-state index contributed by atoms with van der Waals surface area (Å²) in [5.74, 6) is -2.54. The van der Waals surface area contributed by atoms with Crippen LogP contribution in [0.2, 0.25) is 0 Å². The molecule has 0 fully saturated rings. The first kappa shape index (κ1) is 29.3. The number of alkyl halides is 3. The molecule has 3 aromatic carbocycles. The average molecular weight is 529 g/mol. The first-order valence-electron chi connectivity index (χ1n) is 11.2. The number of halogens is 3. The van der Waals surface area contributed by atoms with E-state index in [9.17, 15) is 27.6 Å². The minimum atomic E-state index is -4.92. The molecule has 37 heavy (non-hydrogen) atoms. The molecule has 9 heteroatoms. The number of benzene rings is 3. The summed E-state index contributed by atoms with van der Waals surface area (Å²) in [5.41, 5.74) is 14.0. The Kier molecular flexibility index (Phi) is 11.0. The zero-order chi connectivity index (χ0) is 27.4. The van der Waals surface area contributed by atoms with Gasteiger partial charge in [0.15, 0.2) is 5.78 Å². The number of aryl methyl sites for hydroxylation is 1. The number of Topliss-reactive ketones (excluding diaryl/α,β-unsaturated/α-hetero) is 3. The Morgan fingerprint density at radius 2 is 1.49 bits per heavy atom. The van der Waals surface area contributed by atoms with Crippen molar-refractivity contribution < 1.29 is 27.6 Å². The summed E-state index contributed by atoms with van der Waals surface area (Å²) in [5, 5.41) is 3.72. The second-order valence-electron chi connectivity index (χ2n) is 7.98. The van der Waals surface area contributed by atoms with Gasteiger partial charge in [0.25, 0.3) is 0 Å². The van der Waals surface area contributed by atoms with Gasteiger partial charge >= 0.3 is 6.18 Å². The van der Waals surface area contributed by atoms with Crippen LogP contribution in [0.4, 0.5) is 24.5 Å². The van der Waals surface area contributed by atoms with Gasteiger partial charge in [0.2, 0.25) is 5.78 Å². The molecule has 0 spiro atoms.